The standard InChI is InChI=1S/C71H74BN3/c1-45-38-46(2)63-60(39-45)74(69(10)35-18-17-34-68(63,69)9)53-43-61-64-62(44-53)75-65-55(71(50-24-13-12-14-25-50)37-20-19-36-70(71,75)11)26-21-27-56(65)72(64)57-42-52(67(6,7)8)31-33-59(57)73(61)58-32-30-51(66(3,4)5)41-54(58)49-29-28-47-22-15-16-23-48(47)40-49/h12-16,21-33,38-44H,17-20,34-37H2,1-11H3. The van der Waals surface area contributed by atoms with Gasteiger partial charge in [0.2, 0.25) is 0 Å². The number of benzene rings is 8. The lowest BCUT2D eigenvalue weighted by Gasteiger charge is -2.55. The van der Waals surface area contributed by atoms with Crippen molar-refractivity contribution < 1.29 is 0 Å². The lowest BCUT2D eigenvalue weighted by Crippen LogP contribution is -2.65. The van der Waals surface area contributed by atoms with Crippen molar-refractivity contribution in [1.29, 1.82) is 0 Å². The summed E-state index contributed by atoms with van der Waals surface area (Å²) in [7, 11) is 0. The van der Waals surface area contributed by atoms with E-state index in [1.807, 2.05) is 0 Å². The van der Waals surface area contributed by atoms with E-state index in [0.29, 0.717) is 0 Å². The third-order valence-electron chi connectivity index (χ3n) is 20.5. The minimum Gasteiger partial charge on any atom is -0.335 e. The summed E-state index contributed by atoms with van der Waals surface area (Å²) in [5, 5.41) is 2.53. The van der Waals surface area contributed by atoms with E-state index in [0.717, 1.165) is 19.3 Å². The number of para-hydroxylation sites is 1. The Morgan fingerprint density at radius 3 is 1.92 bits per heavy atom. The van der Waals surface area contributed by atoms with Crippen molar-refractivity contribution in [2.45, 2.75) is 160 Å². The molecule has 0 radical (unpaired) electrons. The van der Waals surface area contributed by atoms with Gasteiger partial charge in [-0.2, -0.15) is 0 Å². The van der Waals surface area contributed by atoms with Crippen LogP contribution in [-0.4, -0.2) is 17.8 Å². The predicted octanol–water partition coefficient (Wildman–Crippen LogP) is 16.8. The molecule has 4 heteroatoms. The van der Waals surface area contributed by atoms with Gasteiger partial charge in [0.15, 0.2) is 0 Å². The van der Waals surface area contributed by atoms with Crippen LogP contribution in [0.5, 0.6) is 0 Å². The first-order valence-corrected chi connectivity index (χ1v) is 28.5. The van der Waals surface area contributed by atoms with Gasteiger partial charge in [-0.05, 0) is 178 Å². The molecule has 6 aliphatic rings. The zero-order chi connectivity index (χ0) is 51.8. The first kappa shape index (κ1) is 47.0. The Bertz CT molecular complexity index is 3710. The van der Waals surface area contributed by atoms with Crippen LogP contribution in [0.1, 0.15) is 153 Å². The highest BCUT2D eigenvalue weighted by Crippen LogP contribution is 2.67. The molecule has 0 spiro atoms. The number of hydrogen-bond donors (Lipinski definition) is 0. The van der Waals surface area contributed by atoms with Gasteiger partial charge in [0.25, 0.3) is 6.71 Å². The second-order valence-corrected chi connectivity index (χ2v) is 26.7. The number of rotatable bonds is 4. The maximum Gasteiger partial charge on any atom is 0.252 e. The average Bonchev–Trinajstić information content (AvgIpc) is 3.76. The molecule has 8 aromatic rings. The molecule has 4 atom stereocenters. The monoisotopic (exact) mass is 980 g/mol. The SMILES string of the molecule is Cc1cc(C)c2c(c1)N(c1cc3c4c(c1)N1c5c(cccc5C5(c6ccccc6)CCCCC15C)B4c1cc(C(C)(C)C)ccc1N3c1ccc(C(C)(C)C)cc1-c1ccc3ccccc3c1)C1(C)CCCCC21C. The van der Waals surface area contributed by atoms with Gasteiger partial charge in [-0.3, -0.25) is 0 Å². The maximum absolute atomic E-state index is 2.97. The van der Waals surface area contributed by atoms with Crippen LogP contribution in [0, 0.1) is 13.8 Å². The summed E-state index contributed by atoms with van der Waals surface area (Å²) in [6, 6.07) is 60.6. The van der Waals surface area contributed by atoms with Crippen LogP contribution in [0.25, 0.3) is 21.9 Å². The van der Waals surface area contributed by atoms with Crippen molar-refractivity contribution in [2.75, 3.05) is 14.7 Å². The fourth-order valence-electron chi connectivity index (χ4n) is 16.7. The zero-order valence-corrected chi connectivity index (χ0v) is 46.5. The van der Waals surface area contributed by atoms with Crippen LogP contribution in [0.2, 0.25) is 0 Å². The van der Waals surface area contributed by atoms with Crippen molar-refractivity contribution in [3.63, 3.8) is 0 Å². The molecular weight excluding hydrogens is 906 g/mol. The summed E-state index contributed by atoms with van der Waals surface area (Å²) in [5.74, 6) is 0. The van der Waals surface area contributed by atoms with Crippen LogP contribution in [-0.2, 0) is 21.7 Å². The molecule has 0 saturated heterocycles. The minimum atomic E-state index is -0.218. The molecule has 2 fully saturated rings. The number of anilines is 7. The summed E-state index contributed by atoms with van der Waals surface area (Å²) >= 11 is 0. The van der Waals surface area contributed by atoms with Gasteiger partial charge in [-0.1, -0.05) is 183 Å². The summed E-state index contributed by atoms with van der Waals surface area (Å²) in [6.45, 7) is 26.9. The predicted molar refractivity (Wildman–Crippen MR) is 321 cm³/mol. The number of hydrogen-bond acceptors (Lipinski definition) is 3. The normalized spacial score (nSPS) is 24.1. The van der Waals surface area contributed by atoms with E-state index >= 15 is 0 Å². The Balaban J connectivity index is 1.14. The zero-order valence-electron chi connectivity index (χ0n) is 46.5. The minimum absolute atomic E-state index is 0.000938. The average molecular weight is 980 g/mol. The van der Waals surface area contributed by atoms with E-state index in [1.165, 1.54) is 144 Å². The van der Waals surface area contributed by atoms with Crippen molar-refractivity contribution in [1.82, 2.24) is 0 Å². The topological polar surface area (TPSA) is 9.72 Å². The molecule has 4 unspecified atom stereocenters. The summed E-state index contributed by atoms with van der Waals surface area (Å²) in [5.41, 5.74) is 25.6. The van der Waals surface area contributed by atoms with Gasteiger partial charge >= 0.3 is 0 Å². The molecule has 0 amide bonds. The van der Waals surface area contributed by atoms with Gasteiger partial charge in [-0.25, -0.2) is 0 Å². The van der Waals surface area contributed by atoms with Crippen molar-refractivity contribution in [2.24, 2.45) is 0 Å². The second-order valence-electron chi connectivity index (χ2n) is 26.7. The first-order chi connectivity index (χ1) is 35.9. The van der Waals surface area contributed by atoms with E-state index in [-0.39, 0.29) is 39.5 Å². The van der Waals surface area contributed by atoms with Gasteiger partial charge in [0, 0.05) is 50.5 Å². The van der Waals surface area contributed by atoms with Crippen molar-refractivity contribution in [3.05, 3.63) is 191 Å². The van der Waals surface area contributed by atoms with Gasteiger partial charge in [-0.15, -0.1) is 0 Å². The smallest absolute Gasteiger partial charge is 0.252 e. The molecule has 8 aromatic carbocycles. The third-order valence-corrected chi connectivity index (χ3v) is 20.5. The van der Waals surface area contributed by atoms with E-state index in [4.69, 9.17) is 0 Å². The van der Waals surface area contributed by atoms with Crippen molar-refractivity contribution >= 4 is 73.7 Å². The van der Waals surface area contributed by atoms with Crippen LogP contribution >= 0.6 is 0 Å². The summed E-state index contributed by atoms with van der Waals surface area (Å²) < 4.78 is 0. The van der Waals surface area contributed by atoms with Gasteiger partial charge in [0.05, 0.1) is 16.8 Å². The summed E-state index contributed by atoms with van der Waals surface area (Å²) in [6.07, 6.45) is 9.53. The molecule has 3 nitrogen and oxygen atoms in total. The van der Waals surface area contributed by atoms with Crippen LogP contribution in [0.15, 0.2) is 152 Å². The lowest BCUT2D eigenvalue weighted by atomic mass is 9.33. The van der Waals surface area contributed by atoms with E-state index in [2.05, 4.69) is 243 Å². The molecular formula is C71H74BN3. The van der Waals surface area contributed by atoms with E-state index in [9.17, 15) is 0 Å². The number of fused-ring (bicyclic) bond motifs is 11. The van der Waals surface area contributed by atoms with Gasteiger partial charge < -0.3 is 14.7 Å². The molecule has 2 saturated carbocycles. The molecule has 0 bridgehead atoms. The third kappa shape index (κ3) is 6.23. The van der Waals surface area contributed by atoms with Gasteiger partial charge in [0.1, 0.15) is 0 Å². The fraction of sp³-hybridized carbons (Fsp3) is 0.352. The Morgan fingerprint density at radius 2 is 1.16 bits per heavy atom. The first-order valence-electron chi connectivity index (χ1n) is 28.5. The van der Waals surface area contributed by atoms with Crippen LogP contribution in [0.3, 0.4) is 0 Å². The highest BCUT2D eigenvalue weighted by molar-refractivity contribution is 7.00. The highest BCUT2D eigenvalue weighted by Gasteiger charge is 2.65. The fourth-order valence-corrected chi connectivity index (χ4v) is 16.7. The second kappa shape index (κ2) is 15.8. The van der Waals surface area contributed by atoms with E-state index < -0.39 is 0 Å². The molecule has 4 aliphatic heterocycles. The number of nitrogens with zero attached hydrogens (tertiary/aromatic N) is 3. The Morgan fingerprint density at radius 1 is 0.493 bits per heavy atom. The Kier molecular flexibility index (Phi) is 9.88. The summed E-state index contributed by atoms with van der Waals surface area (Å²) in [4.78, 5) is 8.60. The van der Waals surface area contributed by atoms with Crippen molar-refractivity contribution in [3.8, 4) is 11.1 Å². The maximum atomic E-state index is 2.97. The molecule has 75 heavy (non-hydrogen) atoms. The van der Waals surface area contributed by atoms with E-state index in [1.54, 1.807) is 5.56 Å². The molecule has 376 valence electrons. The lowest BCUT2D eigenvalue weighted by molar-refractivity contribution is 0.194. The number of aryl methyl sites for hydroxylation is 2. The quantitative estimate of drug-likeness (QED) is 0.163. The largest absolute Gasteiger partial charge is 0.335 e. The Labute approximate surface area is 448 Å². The highest BCUT2D eigenvalue weighted by atomic mass is 15.3. The molecule has 0 N–H and O–H groups in total. The molecule has 4 heterocycles. The van der Waals surface area contributed by atoms with Crippen LogP contribution in [0.4, 0.5) is 39.8 Å². The molecule has 0 aromatic heterocycles. The molecule has 14 rings (SSSR count). The Hall–Kier alpha value is -6.52. The van der Waals surface area contributed by atoms with Crippen LogP contribution < -0.4 is 31.1 Å². The molecule has 2 aliphatic carbocycles.